The molecule has 0 saturated heterocycles. The van der Waals surface area contributed by atoms with Gasteiger partial charge in [0.15, 0.2) is 0 Å². The van der Waals surface area contributed by atoms with Crippen LogP contribution in [-0.4, -0.2) is 10.9 Å². The molecular weight excluding hydrogens is 308 g/mol. The van der Waals surface area contributed by atoms with E-state index in [1.165, 1.54) is 11.3 Å². The van der Waals surface area contributed by atoms with Crippen LogP contribution in [0.15, 0.2) is 41.8 Å². The molecule has 100 valence electrons. The minimum Gasteiger partial charge on any atom is -0.389 e. The van der Waals surface area contributed by atoms with E-state index in [1.807, 2.05) is 35.7 Å². The first-order valence-corrected chi connectivity index (χ1v) is 7.92. The van der Waals surface area contributed by atoms with Crippen LogP contribution >= 0.6 is 34.9 Å². The zero-order valence-corrected chi connectivity index (χ0v) is 12.7. The average Bonchev–Trinajstić information content (AvgIpc) is 2.99. The molecule has 0 aliphatic heterocycles. The maximum Gasteiger partial charge on any atom is 0.265 e. The SMILES string of the molecule is NC(=S)c1cccc(NC(=O)c2cc3sccc3s2)c1. The maximum atomic E-state index is 12.2. The molecule has 0 atom stereocenters. The van der Waals surface area contributed by atoms with Gasteiger partial charge in [-0.1, -0.05) is 24.4 Å². The Labute approximate surface area is 129 Å². The fourth-order valence-corrected chi connectivity index (χ4v) is 3.95. The van der Waals surface area contributed by atoms with Crippen LogP contribution in [0.4, 0.5) is 5.69 Å². The zero-order valence-electron chi connectivity index (χ0n) is 10.3. The smallest absolute Gasteiger partial charge is 0.265 e. The number of thiocarbonyl (C=S) groups is 1. The van der Waals surface area contributed by atoms with E-state index in [9.17, 15) is 4.79 Å². The highest BCUT2D eigenvalue weighted by molar-refractivity contribution is 7.80. The van der Waals surface area contributed by atoms with Crippen molar-refractivity contribution in [1.82, 2.24) is 0 Å². The van der Waals surface area contributed by atoms with E-state index < -0.39 is 0 Å². The lowest BCUT2D eigenvalue weighted by atomic mass is 10.2. The summed E-state index contributed by atoms with van der Waals surface area (Å²) < 4.78 is 2.27. The highest BCUT2D eigenvalue weighted by Crippen LogP contribution is 2.30. The lowest BCUT2D eigenvalue weighted by molar-refractivity contribution is 0.103. The molecular formula is C14H10N2OS3. The normalized spacial score (nSPS) is 10.6. The van der Waals surface area contributed by atoms with Crippen molar-refractivity contribution in [3.05, 3.63) is 52.2 Å². The summed E-state index contributed by atoms with van der Waals surface area (Å²) in [6, 6.07) is 11.2. The fourth-order valence-electron chi connectivity index (χ4n) is 1.82. The number of thiophene rings is 2. The number of amides is 1. The lowest BCUT2D eigenvalue weighted by Crippen LogP contribution is -2.12. The Morgan fingerprint density at radius 3 is 2.80 bits per heavy atom. The summed E-state index contributed by atoms with van der Waals surface area (Å²) in [6.07, 6.45) is 0. The first-order valence-electron chi connectivity index (χ1n) is 5.82. The van der Waals surface area contributed by atoms with Gasteiger partial charge in [0.25, 0.3) is 5.91 Å². The van der Waals surface area contributed by atoms with Gasteiger partial charge in [-0.05, 0) is 29.6 Å². The molecule has 0 radical (unpaired) electrons. The van der Waals surface area contributed by atoms with Gasteiger partial charge in [-0.15, -0.1) is 22.7 Å². The minimum absolute atomic E-state index is 0.113. The van der Waals surface area contributed by atoms with Crippen molar-refractivity contribution in [3.8, 4) is 0 Å². The largest absolute Gasteiger partial charge is 0.389 e. The molecule has 3 aromatic rings. The fraction of sp³-hybridized carbons (Fsp3) is 0. The second-order valence-electron chi connectivity index (χ2n) is 4.16. The van der Waals surface area contributed by atoms with Gasteiger partial charge in [0.1, 0.15) is 4.99 Å². The van der Waals surface area contributed by atoms with Gasteiger partial charge in [0, 0.05) is 20.7 Å². The molecule has 20 heavy (non-hydrogen) atoms. The molecule has 0 aliphatic carbocycles. The number of anilines is 1. The van der Waals surface area contributed by atoms with Crippen LogP contribution in [0, 0.1) is 0 Å². The Hall–Kier alpha value is -1.76. The van der Waals surface area contributed by atoms with E-state index in [0.717, 1.165) is 15.0 Å². The van der Waals surface area contributed by atoms with E-state index in [2.05, 4.69) is 5.32 Å². The molecule has 0 aliphatic rings. The zero-order chi connectivity index (χ0) is 14.1. The number of carbonyl (C=O) groups excluding carboxylic acids is 1. The number of hydrogen-bond donors (Lipinski definition) is 2. The number of fused-ring (bicyclic) bond motifs is 1. The summed E-state index contributed by atoms with van der Waals surface area (Å²) in [4.78, 5) is 13.2. The Kier molecular flexibility index (Phi) is 3.52. The Morgan fingerprint density at radius 1 is 1.20 bits per heavy atom. The van der Waals surface area contributed by atoms with Crippen molar-refractivity contribution in [2.75, 3.05) is 5.32 Å². The van der Waals surface area contributed by atoms with Gasteiger partial charge in [-0.25, -0.2) is 0 Å². The highest BCUT2D eigenvalue weighted by Gasteiger charge is 2.11. The molecule has 1 aromatic carbocycles. The monoisotopic (exact) mass is 318 g/mol. The summed E-state index contributed by atoms with van der Waals surface area (Å²) in [6.45, 7) is 0. The molecule has 6 heteroatoms. The van der Waals surface area contributed by atoms with E-state index in [-0.39, 0.29) is 5.91 Å². The quantitative estimate of drug-likeness (QED) is 0.721. The van der Waals surface area contributed by atoms with Crippen molar-refractivity contribution in [2.24, 2.45) is 5.73 Å². The summed E-state index contributed by atoms with van der Waals surface area (Å²) in [7, 11) is 0. The first-order chi connectivity index (χ1) is 9.63. The number of nitrogens with one attached hydrogen (secondary N) is 1. The Balaban J connectivity index is 1.83. The van der Waals surface area contributed by atoms with Crippen LogP contribution in [-0.2, 0) is 0 Å². The van der Waals surface area contributed by atoms with Crippen molar-refractivity contribution in [2.45, 2.75) is 0 Å². The Morgan fingerprint density at radius 2 is 2.05 bits per heavy atom. The third-order valence-electron chi connectivity index (χ3n) is 2.77. The van der Waals surface area contributed by atoms with E-state index >= 15 is 0 Å². The van der Waals surface area contributed by atoms with Gasteiger partial charge in [0.2, 0.25) is 0 Å². The molecule has 0 unspecified atom stereocenters. The van der Waals surface area contributed by atoms with Gasteiger partial charge in [0.05, 0.1) is 4.88 Å². The van der Waals surface area contributed by atoms with Crippen LogP contribution in [0.5, 0.6) is 0 Å². The predicted octanol–water partition coefficient (Wildman–Crippen LogP) is 3.85. The average molecular weight is 318 g/mol. The van der Waals surface area contributed by atoms with Crippen LogP contribution in [0.25, 0.3) is 9.40 Å². The predicted molar refractivity (Wildman–Crippen MR) is 90.0 cm³/mol. The minimum atomic E-state index is -0.113. The standard InChI is InChI=1S/C14H10N2OS3/c15-13(18)8-2-1-3-9(6-8)16-14(17)12-7-11-10(20-12)4-5-19-11/h1-7H,(H2,15,18)(H,16,17). The molecule has 0 fully saturated rings. The number of hydrogen-bond acceptors (Lipinski definition) is 4. The molecule has 2 aromatic heterocycles. The molecule has 3 nitrogen and oxygen atoms in total. The molecule has 0 bridgehead atoms. The number of benzene rings is 1. The van der Waals surface area contributed by atoms with Gasteiger partial charge in [-0.2, -0.15) is 0 Å². The van der Waals surface area contributed by atoms with Crippen molar-refractivity contribution in [1.29, 1.82) is 0 Å². The van der Waals surface area contributed by atoms with Crippen molar-refractivity contribution < 1.29 is 4.79 Å². The molecule has 0 spiro atoms. The first kappa shape index (κ1) is 13.2. The van der Waals surface area contributed by atoms with Crippen molar-refractivity contribution in [3.63, 3.8) is 0 Å². The molecule has 1 amide bonds. The van der Waals surface area contributed by atoms with Crippen LogP contribution < -0.4 is 11.1 Å². The summed E-state index contributed by atoms with van der Waals surface area (Å²) in [5.41, 5.74) is 7.02. The molecule has 2 heterocycles. The molecule has 0 saturated carbocycles. The van der Waals surface area contributed by atoms with Gasteiger partial charge >= 0.3 is 0 Å². The lowest BCUT2D eigenvalue weighted by Gasteiger charge is -2.05. The molecule has 3 N–H and O–H groups in total. The Bertz CT molecular complexity index is 775. The van der Waals surface area contributed by atoms with Crippen molar-refractivity contribution >= 4 is 60.9 Å². The number of rotatable bonds is 3. The third-order valence-corrected chi connectivity index (χ3v) is 5.10. The molecule has 3 rings (SSSR count). The van der Waals surface area contributed by atoms with Gasteiger partial charge in [-0.3, -0.25) is 4.79 Å². The topological polar surface area (TPSA) is 55.1 Å². The second kappa shape index (κ2) is 5.32. The summed E-state index contributed by atoms with van der Waals surface area (Å²) in [5.74, 6) is -0.113. The van der Waals surface area contributed by atoms with E-state index in [1.54, 1.807) is 17.4 Å². The summed E-state index contributed by atoms with van der Waals surface area (Å²) in [5, 5.41) is 4.89. The van der Waals surface area contributed by atoms with Crippen LogP contribution in [0.3, 0.4) is 0 Å². The van der Waals surface area contributed by atoms with Crippen LogP contribution in [0.1, 0.15) is 15.2 Å². The van der Waals surface area contributed by atoms with E-state index in [4.69, 9.17) is 18.0 Å². The third kappa shape index (κ3) is 2.58. The highest BCUT2D eigenvalue weighted by atomic mass is 32.1. The van der Waals surface area contributed by atoms with Gasteiger partial charge < -0.3 is 11.1 Å². The second-order valence-corrected chi connectivity index (χ2v) is 6.63. The van der Waals surface area contributed by atoms with E-state index in [0.29, 0.717) is 15.6 Å². The summed E-state index contributed by atoms with van der Waals surface area (Å²) >= 11 is 8.05. The number of nitrogens with two attached hydrogens (primary N) is 1. The van der Waals surface area contributed by atoms with Crippen LogP contribution in [0.2, 0.25) is 0 Å². The number of carbonyl (C=O) groups is 1. The maximum absolute atomic E-state index is 12.2.